The monoisotopic (exact) mass is 437 g/mol. The number of carbonyl (C=O) groups is 1. The van der Waals surface area contributed by atoms with Crippen molar-refractivity contribution in [3.63, 3.8) is 0 Å². The Morgan fingerprint density at radius 1 is 1.03 bits per heavy atom. The van der Waals surface area contributed by atoms with E-state index in [0.29, 0.717) is 50.0 Å². The minimum absolute atomic E-state index is 0.103. The highest BCUT2D eigenvalue weighted by Gasteiger charge is 2.35. The van der Waals surface area contributed by atoms with Crippen LogP contribution < -0.4 is 19.5 Å². The average molecular weight is 438 g/mol. The van der Waals surface area contributed by atoms with E-state index in [9.17, 15) is 4.79 Å². The molecule has 32 heavy (non-hydrogen) atoms. The van der Waals surface area contributed by atoms with Crippen LogP contribution in [0.2, 0.25) is 0 Å². The number of para-hydroxylation sites is 1. The summed E-state index contributed by atoms with van der Waals surface area (Å²) >= 11 is 0. The fourth-order valence-corrected chi connectivity index (χ4v) is 4.34. The molecule has 6 nitrogen and oxygen atoms in total. The normalized spacial score (nSPS) is 16.9. The molecule has 0 atom stereocenters. The Bertz CT molecular complexity index is 961. The largest absolute Gasteiger partial charge is 0.494 e. The minimum atomic E-state index is -0.158. The molecule has 6 heteroatoms. The first kappa shape index (κ1) is 22.2. The smallest absolute Gasteiger partial charge is 0.250 e. The van der Waals surface area contributed by atoms with Gasteiger partial charge in [-0.15, -0.1) is 0 Å². The van der Waals surface area contributed by atoms with Crippen LogP contribution in [0.25, 0.3) is 6.08 Å². The van der Waals surface area contributed by atoms with Crippen LogP contribution in [0.3, 0.4) is 0 Å². The van der Waals surface area contributed by atoms with Gasteiger partial charge in [0.05, 0.1) is 18.8 Å². The molecule has 2 aromatic carbocycles. The van der Waals surface area contributed by atoms with Crippen molar-refractivity contribution in [1.82, 2.24) is 5.32 Å². The number of ether oxygens (including phenoxy) is 4. The van der Waals surface area contributed by atoms with Crippen molar-refractivity contribution < 1.29 is 23.7 Å². The van der Waals surface area contributed by atoms with Crippen LogP contribution in [-0.4, -0.2) is 45.5 Å². The number of hydrogen-bond acceptors (Lipinski definition) is 5. The molecule has 2 aliphatic rings. The second kappa shape index (κ2) is 10.1. The number of carbonyl (C=O) groups excluding carboxylic acids is 1. The predicted molar refractivity (Wildman–Crippen MR) is 123 cm³/mol. The molecule has 1 N–H and O–H groups in total. The van der Waals surface area contributed by atoms with Crippen molar-refractivity contribution in [2.24, 2.45) is 0 Å². The van der Waals surface area contributed by atoms with Crippen LogP contribution in [0.15, 0.2) is 48.0 Å². The third kappa shape index (κ3) is 4.75. The van der Waals surface area contributed by atoms with Crippen LogP contribution in [0.1, 0.15) is 37.8 Å². The molecular formula is C26H31NO5. The third-order valence-electron chi connectivity index (χ3n) is 6.12. The molecule has 1 saturated heterocycles. The Morgan fingerprint density at radius 2 is 1.78 bits per heavy atom. The van der Waals surface area contributed by atoms with Crippen LogP contribution >= 0.6 is 0 Å². The summed E-state index contributed by atoms with van der Waals surface area (Å²) in [7, 11) is 0. The lowest BCUT2D eigenvalue weighted by Gasteiger charge is -2.38. The standard InChI is InChI=1S/C26H31NO5/c1-3-30-22-10-8-21(9-11-22)26(12-14-29-15-13-26)18-27-25(28)20-16-19-6-5-7-23(31-4-2)24(19)32-17-20/h5-11,16H,3-4,12-15,17-18H2,1-2H3,(H,27,28). The van der Waals surface area contributed by atoms with Gasteiger partial charge >= 0.3 is 0 Å². The average Bonchev–Trinajstić information content (AvgIpc) is 2.84. The van der Waals surface area contributed by atoms with Crippen molar-refractivity contribution in [2.75, 3.05) is 39.6 Å². The zero-order valence-electron chi connectivity index (χ0n) is 18.8. The highest BCUT2D eigenvalue weighted by atomic mass is 16.5. The molecule has 2 aromatic rings. The molecule has 0 radical (unpaired) electrons. The van der Waals surface area contributed by atoms with E-state index in [-0.39, 0.29) is 17.9 Å². The van der Waals surface area contributed by atoms with E-state index < -0.39 is 0 Å². The predicted octanol–water partition coefficient (Wildman–Crippen LogP) is 4.12. The molecule has 1 fully saturated rings. The van der Waals surface area contributed by atoms with Crippen LogP contribution in [0.4, 0.5) is 0 Å². The number of fused-ring (bicyclic) bond motifs is 1. The van der Waals surface area contributed by atoms with Gasteiger partial charge in [0.2, 0.25) is 0 Å². The maximum absolute atomic E-state index is 13.0. The lowest BCUT2D eigenvalue weighted by atomic mass is 9.74. The van der Waals surface area contributed by atoms with E-state index in [2.05, 4.69) is 17.4 Å². The van der Waals surface area contributed by atoms with Crippen LogP contribution in [-0.2, 0) is 14.9 Å². The number of amides is 1. The van der Waals surface area contributed by atoms with E-state index in [1.54, 1.807) is 0 Å². The van der Waals surface area contributed by atoms with Crippen molar-refractivity contribution in [2.45, 2.75) is 32.1 Å². The third-order valence-corrected chi connectivity index (χ3v) is 6.12. The van der Waals surface area contributed by atoms with Gasteiger partial charge in [-0.2, -0.15) is 0 Å². The van der Waals surface area contributed by atoms with Crippen LogP contribution in [0, 0.1) is 0 Å². The molecule has 0 unspecified atom stereocenters. The highest BCUT2D eigenvalue weighted by molar-refractivity contribution is 5.99. The highest BCUT2D eigenvalue weighted by Crippen LogP contribution is 2.37. The first-order chi connectivity index (χ1) is 15.6. The van der Waals surface area contributed by atoms with Gasteiger partial charge in [0.25, 0.3) is 5.91 Å². The van der Waals surface area contributed by atoms with Gasteiger partial charge in [0.1, 0.15) is 12.4 Å². The second-order valence-corrected chi connectivity index (χ2v) is 8.10. The Hall–Kier alpha value is -2.99. The van der Waals surface area contributed by atoms with Crippen molar-refractivity contribution in [3.05, 3.63) is 59.2 Å². The van der Waals surface area contributed by atoms with Gasteiger partial charge in [0.15, 0.2) is 11.5 Å². The summed E-state index contributed by atoms with van der Waals surface area (Å²) in [5.74, 6) is 2.16. The first-order valence-corrected chi connectivity index (χ1v) is 11.3. The summed E-state index contributed by atoms with van der Waals surface area (Å²) in [6, 6.07) is 13.9. The SMILES string of the molecule is CCOc1ccc(C2(CNC(=O)C3=Cc4cccc(OCC)c4OC3)CCOCC2)cc1. The zero-order chi connectivity index (χ0) is 22.4. The summed E-state index contributed by atoms with van der Waals surface area (Å²) in [6.07, 6.45) is 3.61. The second-order valence-electron chi connectivity index (χ2n) is 8.10. The maximum Gasteiger partial charge on any atom is 0.250 e. The molecule has 170 valence electrons. The molecule has 2 aliphatic heterocycles. The summed E-state index contributed by atoms with van der Waals surface area (Å²) in [4.78, 5) is 13.0. The summed E-state index contributed by atoms with van der Waals surface area (Å²) < 4.78 is 22.7. The molecule has 0 aromatic heterocycles. The van der Waals surface area contributed by atoms with Crippen LogP contribution in [0.5, 0.6) is 17.2 Å². The molecular weight excluding hydrogens is 406 g/mol. The fourth-order valence-electron chi connectivity index (χ4n) is 4.34. The first-order valence-electron chi connectivity index (χ1n) is 11.3. The molecule has 4 rings (SSSR count). The van der Waals surface area contributed by atoms with E-state index in [0.717, 1.165) is 24.2 Å². The number of rotatable bonds is 8. The Balaban J connectivity index is 1.49. The molecule has 0 saturated carbocycles. The number of hydrogen-bond donors (Lipinski definition) is 1. The van der Waals surface area contributed by atoms with Crippen molar-refractivity contribution in [3.8, 4) is 17.2 Å². The van der Waals surface area contributed by atoms with Gasteiger partial charge in [-0.05, 0) is 56.5 Å². The Labute approximate surface area is 189 Å². The molecule has 1 amide bonds. The van der Waals surface area contributed by atoms with Gasteiger partial charge in [-0.3, -0.25) is 4.79 Å². The molecule has 2 heterocycles. The van der Waals surface area contributed by atoms with E-state index >= 15 is 0 Å². The Morgan fingerprint density at radius 3 is 2.50 bits per heavy atom. The summed E-state index contributed by atoms with van der Waals surface area (Å²) in [5, 5.41) is 3.17. The van der Waals surface area contributed by atoms with Gasteiger partial charge in [0, 0.05) is 30.7 Å². The lowest BCUT2D eigenvalue weighted by molar-refractivity contribution is -0.118. The van der Waals surface area contributed by atoms with Crippen molar-refractivity contribution in [1.29, 1.82) is 0 Å². The van der Waals surface area contributed by atoms with Gasteiger partial charge < -0.3 is 24.3 Å². The quantitative estimate of drug-likeness (QED) is 0.673. The zero-order valence-corrected chi connectivity index (χ0v) is 18.8. The summed E-state index contributed by atoms with van der Waals surface area (Å²) in [6.45, 7) is 7.25. The Kier molecular flexibility index (Phi) is 7.00. The maximum atomic E-state index is 13.0. The van der Waals surface area contributed by atoms with E-state index in [1.807, 2.05) is 50.3 Å². The van der Waals surface area contributed by atoms with Gasteiger partial charge in [-0.1, -0.05) is 24.3 Å². The molecule has 0 spiro atoms. The summed E-state index contributed by atoms with van der Waals surface area (Å²) in [5.41, 5.74) is 2.51. The topological polar surface area (TPSA) is 66.0 Å². The van der Waals surface area contributed by atoms with E-state index in [1.165, 1.54) is 5.56 Å². The molecule has 0 aliphatic carbocycles. The number of nitrogens with one attached hydrogen (secondary N) is 1. The molecule has 0 bridgehead atoms. The lowest BCUT2D eigenvalue weighted by Crippen LogP contribution is -2.45. The van der Waals surface area contributed by atoms with Crippen molar-refractivity contribution >= 4 is 12.0 Å². The van der Waals surface area contributed by atoms with Gasteiger partial charge in [-0.25, -0.2) is 0 Å². The number of benzene rings is 2. The van der Waals surface area contributed by atoms with E-state index in [4.69, 9.17) is 18.9 Å². The fraction of sp³-hybridized carbons (Fsp3) is 0.423. The minimum Gasteiger partial charge on any atom is -0.494 e.